The number of pyridine rings is 1. The van der Waals surface area contributed by atoms with Crippen LogP contribution in [0.5, 0.6) is 0 Å². The molecule has 0 spiro atoms. The van der Waals surface area contributed by atoms with Gasteiger partial charge in [0.25, 0.3) is 0 Å². The number of ether oxygens (including phenoxy) is 1. The molecule has 0 saturated carbocycles. The summed E-state index contributed by atoms with van der Waals surface area (Å²) in [7, 11) is 1.24. The predicted molar refractivity (Wildman–Crippen MR) is 74.8 cm³/mol. The van der Waals surface area contributed by atoms with Crippen molar-refractivity contribution in [2.45, 2.75) is 39.2 Å². The first-order chi connectivity index (χ1) is 9.30. The van der Waals surface area contributed by atoms with E-state index in [2.05, 4.69) is 15.0 Å². The minimum absolute atomic E-state index is 0.0351. The second kappa shape index (κ2) is 6.31. The van der Waals surface area contributed by atoms with E-state index in [4.69, 9.17) is 0 Å². The second-order valence-corrected chi connectivity index (χ2v) is 5.07. The monoisotopic (exact) mass is 281 g/mol. The largest absolute Gasteiger partial charge is 0.464 e. The van der Waals surface area contributed by atoms with Crippen molar-refractivity contribution in [1.29, 1.82) is 0 Å². The molecule has 0 aliphatic rings. The lowest BCUT2D eigenvalue weighted by Gasteiger charge is -2.26. The zero-order valence-electron chi connectivity index (χ0n) is 12.1. The highest BCUT2D eigenvalue weighted by atomic mass is 16.6. The van der Waals surface area contributed by atoms with Crippen molar-refractivity contribution >= 4 is 17.5 Å². The molecule has 20 heavy (non-hydrogen) atoms. The van der Waals surface area contributed by atoms with Crippen molar-refractivity contribution in [2.75, 3.05) is 12.4 Å². The van der Waals surface area contributed by atoms with E-state index in [1.54, 1.807) is 0 Å². The summed E-state index contributed by atoms with van der Waals surface area (Å²) >= 11 is 0. The lowest BCUT2D eigenvalue weighted by atomic mass is 9.99. The molecule has 0 radical (unpaired) electrons. The van der Waals surface area contributed by atoms with Crippen LogP contribution in [-0.4, -0.2) is 28.5 Å². The SMILES string of the molecule is CCCC(C)(C)Nc1nc(C(=O)OC)ccc1[N+](=O)[O-]. The van der Waals surface area contributed by atoms with Gasteiger partial charge in [0.1, 0.15) is 0 Å². The summed E-state index contributed by atoms with van der Waals surface area (Å²) in [5, 5.41) is 14.1. The second-order valence-electron chi connectivity index (χ2n) is 5.07. The molecule has 0 aliphatic heterocycles. The number of hydrogen-bond donors (Lipinski definition) is 1. The summed E-state index contributed by atoms with van der Waals surface area (Å²) in [6.07, 6.45) is 1.73. The average molecular weight is 281 g/mol. The van der Waals surface area contributed by atoms with Crippen molar-refractivity contribution in [2.24, 2.45) is 0 Å². The lowest BCUT2D eigenvalue weighted by Crippen LogP contribution is -2.31. The van der Waals surface area contributed by atoms with Gasteiger partial charge in [-0.1, -0.05) is 13.3 Å². The fraction of sp³-hybridized carbons (Fsp3) is 0.538. The minimum Gasteiger partial charge on any atom is -0.464 e. The first-order valence-corrected chi connectivity index (χ1v) is 6.32. The van der Waals surface area contributed by atoms with Gasteiger partial charge in [0.2, 0.25) is 5.82 Å². The summed E-state index contributed by atoms with van der Waals surface area (Å²) in [5.41, 5.74) is -0.490. The van der Waals surface area contributed by atoms with Crippen molar-refractivity contribution < 1.29 is 14.5 Å². The van der Waals surface area contributed by atoms with Crippen LogP contribution in [-0.2, 0) is 4.74 Å². The summed E-state index contributed by atoms with van der Waals surface area (Å²) in [5.74, 6) is -0.549. The van der Waals surface area contributed by atoms with Gasteiger partial charge in [0.15, 0.2) is 5.69 Å². The Hall–Kier alpha value is -2.18. The summed E-state index contributed by atoms with van der Waals surface area (Å²) in [6, 6.07) is 2.53. The van der Waals surface area contributed by atoms with Crippen LogP contribution in [0, 0.1) is 10.1 Å². The molecule has 0 amide bonds. The third-order valence-electron chi connectivity index (χ3n) is 2.80. The molecule has 1 N–H and O–H groups in total. The van der Waals surface area contributed by atoms with Crippen molar-refractivity contribution in [1.82, 2.24) is 4.98 Å². The van der Waals surface area contributed by atoms with Gasteiger partial charge in [-0.15, -0.1) is 0 Å². The number of nitro groups is 1. The lowest BCUT2D eigenvalue weighted by molar-refractivity contribution is -0.384. The van der Waals surface area contributed by atoms with Crippen LogP contribution in [0.15, 0.2) is 12.1 Å². The molecule has 0 unspecified atom stereocenters. The normalized spacial score (nSPS) is 11.0. The number of hydrogen-bond acceptors (Lipinski definition) is 6. The van der Waals surface area contributed by atoms with E-state index in [1.165, 1.54) is 19.2 Å². The summed E-state index contributed by atoms with van der Waals surface area (Å²) in [4.78, 5) is 26.0. The van der Waals surface area contributed by atoms with Gasteiger partial charge in [-0.25, -0.2) is 9.78 Å². The molecule has 7 nitrogen and oxygen atoms in total. The van der Waals surface area contributed by atoms with E-state index >= 15 is 0 Å². The third-order valence-corrected chi connectivity index (χ3v) is 2.80. The molecule has 0 bridgehead atoms. The third kappa shape index (κ3) is 3.91. The first-order valence-electron chi connectivity index (χ1n) is 6.32. The van der Waals surface area contributed by atoms with E-state index in [-0.39, 0.29) is 22.7 Å². The Labute approximate surface area is 117 Å². The van der Waals surface area contributed by atoms with E-state index in [0.29, 0.717) is 0 Å². The first kappa shape index (κ1) is 15.9. The molecule has 0 saturated heterocycles. The highest BCUT2D eigenvalue weighted by Gasteiger charge is 2.24. The van der Waals surface area contributed by atoms with Gasteiger partial charge in [0.05, 0.1) is 12.0 Å². The van der Waals surface area contributed by atoms with Crippen LogP contribution in [0.25, 0.3) is 0 Å². The summed E-state index contributed by atoms with van der Waals surface area (Å²) < 4.78 is 4.57. The van der Waals surface area contributed by atoms with Crippen LogP contribution in [0.2, 0.25) is 0 Å². The highest BCUT2D eigenvalue weighted by molar-refractivity contribution is 5.88. The molecule has 7 heteroatoms. The Morgan fingerprint density at radius 3 is 2.65 bits per heavy atom. The quantitative estimate of drug-likeness (QED) is 0.489. The molecule has 0 aliphatic carbocycles. The number of rotatable bonds is 6. The maximum Gasteiger partial charge on any atom is 0.356 e. The molecule has 1 aromatic rings. The number of esters is 1. The topological polar surface area (TPSA) is 94.4 Å². The van der Waals surface area contributed by atoms with Crippen LogP contribution >= 0.6 is 0 Å². The Morgan fingerprint density at radius 1 is 1.50 bits per heavy atom. The fourth-order valence-electron chi connectivity index (χ4n) is 1.92. The van der Waals surface area contributed by atoms with Crippen molar-refractivity contribution in [3.8, 4) is 0 Å². The number of carbonyl (C=O) groups is 1. The van der Waals surface area contributed by atoms with E-state index in [9.17, 15) is 14.9 Å². The Morgan fingerprint density at radius 2 is 2.15 bits per heavy atom. The van der Waals surface area contributed by atoms with Gasteiger partial charge >= 0.3 is 11.7 Å². The number of nitrogens with zero attached hydrogens (tertiary/aromatic N) is 2. The van der Waals surface area contributed by atoms with Crippen LogP contribution in [0.3, 0.4) is 0 Å². The number of aromatic nitrogens is 1. The molecule has 110 valence electrons. The van der Waals surface area contributed by atoms with Crippen LogP contribution in [0.4, 0.5) is 11.5 Å². The predicted octanol–water partition coefficient (Wildman–Crippen LogP) is 2.77. The molecule has 1 rings (SSSR count). The number of nitrogens with one attached hydrogen (secondary N) is 1. The zero-order chi connectivity index (χ0) is 15.3. The zero-order valence-corrected chi connectivity index (χ0v) is 12.1. The summed E-state index contributed by atoms with van der Waals surface area (Å²) in [6.45, 7) is 5.87. The molecule has 0 atom stereocenters. The number of carbonyl (C=O) groups excluding carboxylic acids is 1. The van der Waals surface area contributed by atoms with Gasteiger partial charge in [-0.3, -0.25) is 10.1 Å². The minimum atomic E-state index is -0.628. The van der Waals surface area contributed by atoms with Gasteiger partial charge in [0, 0.05) is 11.6 Å². The molecule has 1 aromatic heterocycles. The van der Waals surface area contributed by atoms with Crippen LogP contribution in [0.1, 0.15) is 44.1 Å². The van der Waals surface area contributed by atoms with Crippen molar-refractivity contribution in [3.05, 3.63) is 27.9 Å². The van der Waals surface area contributed by atoms with Gasteiger partial charge in [-0.05, 0) is 26.3 Å². The fourth-order valence-corrected chi connectivity index (χ4v) is 1.92. The maximum atomic E-state index is 11.5. The smallest absolute Gasteiger partial charge is 0.356 e. The van der Waals surface area contributed by atoms with E-state index in [1.807, 2.05) is 20.8 Å². The molecule has 0 fully saturated rings. The number of methoxy groups -OCH3 is 1. The van der Waals surface area contributed by atoms with Gasteiger partial charge in [-0.2, -0.15) is 0 Å². The van der Waals surface area contributed by atoms with Crippen LogP contribution < -0.4 is 5.32 Å². The Balaban J connectivity index is 3.19. The van der Waals surface area contributed by atoms with E-state index in [0.717, 1.165) is 12.8 Å². The Bertz CT molecular complexity index is 514. The molecular weight excluding hydrogens is 262 g/mol. The average Bonchev–Trinajstić information content (AvgIpc) is 2.36. The number of anilines is 1. The van der Waals surface area contributed by atoms with Gasteiger partial charge < -0.3 is 10.1 Å². The molecular formula is C13H19N3O4. The Kier molecular flexibility index (Phi) is 5.01. The van der Waals surface area contributed by atoms with Crippen molar-refractivity contribution in [3.63, 3.8) is 0 Å². The molecule has 0 aromatic carbocycles. The van der Waals surface area contributed by atoms with E-state index < -0.39 is 10.9 Å². The highest BCUT2D eigenvalue weighted by Crippen LogP contribution is 2.27. The standard InChI is InChI=1S/C13H19N3O4/c1-5-8-13(2,3)15-11-10(16(18)19)7-6-9(14-11)12(17)20-4/h6-7H,5,8H2,1-4H3,(H,14,15). The molecule has 1 heterocycles. The maximum absolute atomic E-state index is 11.5.